The number of aromatic nitrogens is 1. The number of aryl methyl sites for hydroxylation is 1. The number of halogens is 2. The van der Waals surface area contributed by atoms with Crippen LogP contribution in [0.4, 0.5) is 9.18 Å². The Hall–Kier alpha value is -2.40. The van der Waals surface area contributed by atoms with Crippen molar-refractivity contribution in [1.82, 2.24) is 9.88 Å². The number of hydrogen-bond acceptors (Lipinski definition) is 3. The highest BCUT2D eigenvalue weighted by Crippen LogP contribution is 2.26. The lowest BCUT2D eigenvalue weighted by atomic mass is 10.0. The summed E-state index contributed by atoms with van der Waals surface area (Å²) in [5, 5.41) is 0.0642. The van der Waals surface area contributed by atoms with Crippen LogP contribution in [0.2, 0.25) is 5.02 Å². The highest BCUT2D eigenvalue weighted by molar-refractivity contribution is 6.31. The lowest BCUT2D eigenvalue weighted by molar-refractivity contribution is 0.131. The third-order valence-corrected chi connectivity index (χ3v) is 3.94. The first kappa shape index (κ1) is 15.5. The third-order valence-electron chi connectivity index (χ3n) is 3.65. The van der Waals surface area contributed by atoms with Gasteiger partial charge in [-0.05, 0) is 42.3 Å². The third kappa shape index (κ3) is 3.35. The molecule has 6 heteroatoms. The number of carbonyl (C=O) groups is 1. The molecular formula is C17H14ClFN2O2. The highest BCUT2D eigenvalue weighted by atomic mass is 35.5. The second-order valence-corrected chi connectivity index (χ2v) is 5.64. The Morgan fingerprint density at radius 2 is 2.17 bits per heavy atom. The van der Waals surface area contributed by atoms with Crippen LogP contribution in [0.25, 0.3) is 11.1 Å². The summed E-state index contributed by atoms with van der Waals surface area (Å²) >= 11 is 5.84. The fraction of sp³-hybridized carbons (Fsp3) is 0.176. The van der Waals surface area contributed by atoms with Crippen molar-refractivity contribution < 1.29 is 13.9 Å². The molecule has 1 aliphatic rings. The standard InChI is InChI=1S/C17H14ClFN2O2/c1-11-14(10-21-5-2-6-23-17(21)22)7-13(9-20-11)12-3-4-16(19)15(18)8-12/h2-4,6-9H,5,10H2,1H3. The maximum atomic E-state index is 13.3. The number of cyclic esters (lactones) is 1. The van der Waals surface area contributed by atoms with Crippen molar-refractivity contribution in [3.05, 3.63) is 64.9 Å². The van der Waals surface area contributed by atoms with Crippen molar-refractivity contribution in [1.29, 1.82) is 0 Å². The first-order chi connectivity index (χ1) is 11.0. The van der Waals surface area contributed by atoms with Crippen molar-refractivity contribution in [3.8, 4) is 11.1 Å². The van der Waals surface area contributed by atoms with E-state index in [-0.39, 0.29) is 11.1 Å². The second kappa shape index (κ2) is 6.38. The van der Waals surface area contributed by atoms with E-state index in [1.807, 2.05) is 13.0 Å². The van der Waals surface area contributed by atoms with Gasteiger partial charge in [-0.1, -0.05) is 17.7 Å². The van der Waals surface area contributed by atoms with Gasteiger partial charge in [0.15, 0.2) is 0 Å². The maximum Gasteiger partial charge on any atom is 0.415 e. The lowest BCUT2D eigenvalue weighted by Crippen LogP contribution is -2.33. The number of hydrogen-bond donors (Lipinski definition) is 0. The molecule has 0 saturated heterocycles. The van der Waals surface area contributed by atoms with Crippen LogP contribution in [0.15, 0.2) is 42.8 Å². The van der Waals surface area contributed by atoms with Crippen LogP contribution in [-0.2, 0) is 11.3 Å². The minimum absolute atomic E-state index is 0.0642. The number of amides is 1. The average Bonchev–Trinajstić information content (AvgIpc) is 2.54. The molecule has 1 aromatic heterocycles. The monoisotopic (exact) mass is 332 g/mol. The summed E-state index contributed by atoms with van der Waals surface area (Å²) in [6.07, 6.45) is 4.48. The first-order valence-corrected chi connectivity index (χ1v) is 7.44. The van der Waals surface area contributed by atoms with Crippen LogP contribution in [-0.4, -0.2) is 22.5 Å². The van der Waals surface area contributed by atoms with E-state index in [4.69, 9.17) is 16.3 Å². The van der Waals surface area contributed by atoms with E-state index < -0.39 is 5.82 Å². The summed E-state index contributed by atoms with van der Waals surface area (Å²) in [7, 11) is 0. The number of ether oxygens (including phenoxy) is 1. The van der Waals surface area contributed by atoms with Crippen molar-refractivity contribution >= 4 is 17.7 Å². The van der Waals surface area contributed by atoms with Gasteiger partial charge in [-0.15, -0.1) is 0 Å². The minimum Gasteiger partial charge on any atom is -0.418 e. The molecule has 1 aromatic carbocycles. The van der Waals surface area contributed by atoms with Gasteiger partial charge >= 0.3 is 6.09 Å². The molecule has 4 nitrogen and oxygen atoms in total. The van der Waals surface area contributed by atoms with Gasteiger partial charge in [-0.2, -0.15) is 0 Å². The molecule has 23 heavy (non-hydrogen) atoms. The summed E-state index contributed by atoms with van der Waals surface area (Å²) in [6.45, 7) is 2.76. The Morgan fingerprint density at radius 1 is 1.35 bits per heavy atom. The van der Waals surface area contributed by atoms with E-state index in [9.17, 15) is 9.18 Å². The molecule has 2 heterocycles. The number of pyridine rings is 1. The molecule has 0 aliphatic carbocycles. The number of nitrogens with zero attached hydrogens (tertiary/aromatic N) is 2. The van der Waals surface area contributed by atoms with Gasteiger partial charge < -0.3 is 4.74 Å². The Morgan fingerprint density at radius 3 is 2.91 bits per heavy atom. The summed E-state index contributed by atoms with van der Waals surface area (Å²) in [6, 6.07) is 6.46. The lowest BCUT2D eigenvalue weighted by Gasteiger charge is -2.23. The van der Waals surface area contributed by atoms with Crippen LogP contribution in [0.1, 0.15) is 11.3 Å². The Kier molecular flexibility index (Phi) is 4.30. The first-order valence-electron chi connectivity index (χ1n) is 7.06. The molecule has 0 radical (unpaired) electrons. The van der Waals surface area contributed by atoms with Crippen LogP contribution >= 0.6 is 11.6 Å². The van der Waals surface area contributed by atoms with E-state index in [0.717, 1.165) is 22.4 Å². The number of rotatable bonds is 3. The molecule has 0 fully saturated rings. The molecule has 2 aromatic rings. The number of benzene rings is 1. The Labute approximate surface area is 138 Å². The van der Waals surface area contributed by atoms with E-state index in [1.54, 1.807) is 29.3 Å². The fourth-order valence-corrected chi connectivity index (χ4v) is 2.51. The van der Waals surface area contributed by atoms with Gasteiger partial charge in [0.1, 0.15) is 5.82 Å². The summed E-state index contributed by atoms with van der Waals surface area (Å²) in [5.41, 5.74) is 3.30. The second-order valence-electron chi connectivity index (χ2n) is 5.23. The van der Waals surface area contributed by atoms with Crippen LogP contribution < -0.4 is 0 Å². The van der Waals surface area contributed by atoms with Gasteiger partial charge in [0, 0.05) is 24.0 Å². The molecule has 1 aliphatic heterocycles. The largest absolute Gasteiger partial charge is 0.418 e. The van der Waals surface area contributed by atoms with Gasteiger partial charge in [0.05, 0.1) is 17.8 Å². The zero-order valence-corrected chi connectivity index (χ0v) is 13.2. The van der Waals surface area contributed by atoms with E-state index >= 15 is 0 Å². The Bertz CT molecular complexity index is 792. The summed E-state index contributed by atoms with van der Waals surface area (Å²) in [4.78, 5) is 17.7. The molecule has 1 amide bonds. The molecule has 0 N–H and O–H groups in total. The van der Waals surface area contributed by atoms with E-state index in [0.29, 0.717) is 13.1 Å². The highest BCUT2D eigenvalue weighted by Gasteiger charge is 2.18. The van der Waals surface area contributed by atoms with Gasteiger partial charge in [-0.25, -0.2) is 9.18 Å². The van der Waals surface area contributed by atoms with Crippen molar-refractivity contribution in [2.24, 2.45) is 0 Å². The van der Waals surface area contributed by atoms with Gasteiger partial charge in [-0.3, -0.25) is 9.88 Å². The molecule has 0 spiro atoms. The van der Waals surface area contributed by atoms with Crippen LogP contribution in [0.3, 0.4) is 0 Å². The smallest absolute Gasteiger partial charge is 0.415 e. The molecular weight excluding hydrogens is 319 g/mol. The van der Waals surface area contributed by atoms with E-state index in [2.05, 4.69) is 4.98 Å². The Balaban J connectivity index is 1.91. The summed E-state index contributed by atoms with van der Waals surface area (Å²) < 4.78 is 18.2. The minimum atomic E-state index is -0.460. The molecule has 0 unspecified atom stereocenters. The quantitative estimate of drug-likeness (QED) is 0.840. The zero-order chi connectivity index (χ0) is 16.4. The molecule has 0 bridgehead atoms. The van der Waals surface area contributed by atoms with Crippen LogP contribution in [0, 0.1) is 12.7 Å². The summed E-state index contributed by atoms with van der Waals surface area (Å²) in [5.74, 6) is -0.460. The van der Waals surface area contributed by atoms with Gasteiger partial charge in [0.2, 0.25) is 0 Å². The zero-order valence-electron chi connectivity index (χ0n) is 12.4. The molecule has 0 atom stereocenters. The average molecular weight is 333 g/mol. The van der Waals surface area contributed by atoms with Gasteiger partial charge in [0.25, 0.3) is 0 Å². The van der Waals surface area contributed by atoms with Crippen LogP contribution in [0.5, 0.6) is 0 Å². The topological polar surface area (TPSA) is 42.4 Å². The SMILES string of the molecule is Cc1ncc(-c2ccc(F)c(Cl)c2)cc1CN1CC=COC1=O. The maximum absolute atomic E-state index is 13.3. The molecule has 118 valence electrons. The molecule has 0 saturated carbocycles. The molecule has 3 rings (SSSR count). The van der Waals surface area contributed by atoms with Crippen molar-refractivity contribution in [2.75, 3.05) is 6.54 Å². The number of carbonyl (C=O) groups excluding carboxylic acids is 1. The normalized spacial score (nSPS) is 14.0. The predicted octanol–water partition coefficient (Wildman–Crippen LogP) is 4.32. The van der Waals surface area contributed by atoms with E-state index in [1.165, 1.54) is 12.3 Å². The fourth-order valence-electron chi connectivity index (χ4n) is 2.33. The van der Waals surface area contributed by atoms with Crippen molar-refractivity contribution in [2.45, 2.75) is 13.5 Å². The predicted molar refractivity (Wildman–Crippen MR) is 85.4 cm³/mol. The van der Waals surface area contributed by atoms with Crippen molar-refractivity contribution in [3.63, 3.8) is 0 Å².